The van der Waals surface area contributed by atoms with Gasteiger partial charge in [0.25, 0.3) is 0 Å². The zero-order valence-electron chi connectivity index (χ0n) is 11.4. The van der Waals surface area contributed by atoms with Gasteiger partial charge in [-0.2, -0.15) is 0 Å². The summed E-state index contributed by atoms with van der Waals surface area (Å²) in [6, 6.07) is 6.96. The van der Waals surface area contributed by atoms with Crippen LogP contribution in [-0.2, 0) is 13.0 Å². The quantitative estimate of drug-likeness (QED) is 0.878. The monoisotopic (exact) mass is 244 g/mol. The van der Waals surface area contributed by atoms with Crippen LogP contribution in [0.15, 0.2) is 18.2 Å². The van der Waals surface area contributed by atoms with Gasteiger partial charge in [-0.05, 0) is 55.5 Å². The van der Waals surface area contributed by atoms with Crippen LogP contribution in [0.2, 0.25) is 0 Å². The first kappa shape index (κ1) is 12.0. The van der Waals surface area contributed by atoms with Crippen molar-refractivity contribution < 1.29 is 0 Å². The molecule has 0 radical (unpaired) electrons. The smallest absolute Gasteiger partial charge is 0.0373 e. The molecule has 0 aliphatic carbocycles. The molecule has 1 saturated heterocycles. The summed E-state index contributed by atoms with van der Waals surface area (Å²) in [5.74, 6) is 0.977. The van der Waals surface area contributed by atoms with Gasteiger partial charge in [-0.1, -0.05) is 25.5 Å². The van der Waals surface area contributed by atoms with E-state index in [9.17, 15) is 0 Å². The van der Waals surface area contributed by atoms with Gasteiger partial charge >= 0.3 is 0 Å². The predicted molar refractivity (Wildman–Crippen MR) is 76.9 cm³/mol. The second kappa shape index (κ2) is 5.31. The normalized spacial score (nSPS) is 20.7. The number of benzene rings is 1. The van der Waals surface area contributed by atoms with E-state index in [1.807, 2.05) is 0 Å². The fraction of sp³-hybridized carbons (Fsp3) is 0.625. The first-order chi connectivity index (χ1) is 8.85. The van der Waals surface area contributed by atoms with Gasteiger partial charge in [-0.15, -0.1) is 0 Å². The van der Waals surface area contributed by atoms with E-state index in [1.165, 1.54) is 55.6 Å². The number of fused-ring (bicyclic) bond motifs is 1. The minimum absolute atomic E-state index is 0.977. The topological polar surface area (TPSA) is 15.3 Å². The van der Waals surface area contributed by atoms with Gasteiger partial charge in [0.1, 0.15) is 0 Å². The van der Waals surface area contributed by atoms with E-state index in [2.05, 4.69) is 35.3 Å². The zero-order valence-corrected chi connectivity index (χ0v) is 11.4. The van der Waals surface area contributed by atoms with Crippen molar-refractivity contribution in [3.05, 3.63) is 29.3 Å². The molecule has 1 aromatic rings. The van der Waals surface area contributed by atoms with Crippen molar-refractivity contribution in [2.45, 2.75) is 39.2 Å². The summed E-state index contributed by atoms with van der Waals surface area (Å²) in [4.78, 5) is 2.62. The third-order valence-corrected chi connectivity index (χ3v) is 4.57. The van der Waals surface area contributed by atoms with Gasteiger partial charge in [0.15, 0.2) is 0 Å². The predicted octanol–water partition coefficient (Wildman–Crippen LogP) is 3.28. The van der Waals surface area contributed by atoms with E-state index in [1.54, 1.807) is 0 Å². The lowest BCUT2D eigenvalue weighted by atomic mass is 9.94. The van der Waals surface area contributed by atoms with Crippen LogP contribution in [0.1, 0.15) is 37.3 Å². The summed E-state index contributed by atoms with van der Waals surface area (Å²) in [5.41, 5.74) is 4.35. The highest BCUT2D eigenvalue weighted by atomic mass is 15.1. The van der Waals surface area contributed by atoms with Crippen LogP contribution in [0.25, 0.3) is 0 Å². The molecule has 0 saturated carbocycles. The van der Waals surface area contributed by atoms with Crippen molar-refractivity contribution in [1.29, 1.82) is 0 Å². The maximum absolute atomic E-state index is 3.43. The van der Waals surface area contributed by atoms with Gasteiger partial charge in [-0.25, -0.2) is 0 Å². The molecular formula is C16H24N2. The SMILES string of the molecule is CCC1CCN(Cc2ccc3c(c2)CCN3)CC1. The lowest BCUT2D eigenvalue weighted by Gasteiger charge is -2.31. The Labute approximate surface area is 110 Å². The van der Waals surface area contributed by atoms with Crippen LogP contribution in [0.3, 0.4) is 0 Å². The summed E-state index contributed by atoms with van der Waals surface area (Å²) < 4.78 is 0. The Morgan fingerprint density at radius 1 is 1.28 bits per heavy atom. The van der Waals surface area contributed by atoms with Gasteiger partial charge < -0.3 is 5.32 Å². The van der Waals surface area contributed by atoms with E-state index in [0.717, 1.165) is 19.0 Å². The minimum Gasteiger partial charge on any atom is -0.384 e. The standard InChI is InChI=1S/C16H24N2/c1-2-13-6-9-18(10-7-13)12-14-3-4-16-15(11-14)5-8-17-16/h3-4,11,13,17H,2,5-10,12H2,1H3. The highest BCUT2D eigenvalue weighted by Crippen LogP contribution is 2.25. The molecule has 0 aromatic heterocycles. The molecule has 0 amide bonds. The zero-order chi connectivity index (χ0) is 12.4. The fourth-order valence-corrected chi connectivity index (χ4v) is 3.27. The average Bonchev–Trinajstić information content (AvgIpc) is 2.87. The van der Waals surface area contributed by atoms with Crippen molar-refractivity contribution in [3.8, 4) is 0 Å². The van der Waals surface area contributed by atoms with E-state index < -0.39 is 0 Å². The second-order valence-electron chi connectivity index (χ2n) is 5.80. The molecule has 1 aromatic carbocycles. The molecule has 0 unspecified atom stereocenters. The number of rotatable bonds is 3. The summed E-state index contributed by atoms with van der Waals surface area (Å²) in [6.07, 6.45) is 5.34. The molecule has 2 nitrogen and oxygen atoms in total. The van der Waals surface area contributed by atoms with Crippen LogP contribution < -0.4 is 5.32 Å². The van der Waals surface area contributed by atoms with Gasteiger partial charge in [0, 0.05) is 18.8 Å². The largest absolute Gasteiger partial charge is 0.384 e. The van der Waals surface area contributed by atoms with Crippen LogP contribution in [0.5, 0.6) is 0 Å². The van der Waals surface area contributed by atoms with E-state index in [4.69, 9.17) is 0 Å². The van der Waals surface area contributed by atoms with E-state index in [0.29, 0.717) is 0 Å². The van der Waals surface area contributed by atoms with Crippen molar-refractivity contribution in [2.24, 2.45) is 5.92 Å². The van der Waals surface area contributed by atoms with Crippen LogP contribution in [0, 0.1) is 5.92 Å². The Morgan fingerprint density at radius 3 is 2.89 bits per heavy atom. The minimum atomic E-state index is 0.977. The molecule has 3 rings (SSSR count). The Bertz CT molecular complexity index is 406. The lowest BCUT2D eigenvalue weighted by molar-refractivity contribution is 0.175. The van der Waals surface area contributed by atoms with Crippen molar-refractivity contribution in [3.63, 3.8) is 0 Å². The molecule has 0 atom stereocenters. The maximum Gasteiger partial charge on any atom is 0.0373 e. The number of nitrogens with zero attached hydrogens (tertiary/aromatic N) is 1. The molecule has 1 N–H and O–H groups in total. The number of anilines is 1. The van der Waals surface area contributed by atoms with Gasteiger partial charge in [-0.3, -0.25) is 4.90 Å². The summed E-state index contributed by atoms with van der Waals surface area (Å²) in [7, 11) is 0. The molecule has 2 aliphatic rings. The molecule has 1 fully saturated rings. The Kier molecular flexibility index (Phi) is 3.55. The first-order valence-electron chi connectivity index (χ1n) is 7.43. The summed E-state index contributed by atoms with van der Waals surface area (Å²) >= 11 is 0. The summed E-state index contributed by atoms with van der Waals surface area (Å²) in [5, 5.41) is 3.43. The van der Waals surface area contributed by atoms with Crippen molar-refractivity contribution >= 4 is 5.69 Å². The molecular weight excluding hydrogens is 220 g/mol. The maximum atomic E-state index is 3.43. The molecule has 2 heterocycles. The summed E-state index contributed by atoms with van der Waals surface area (Å²) in [6.45, 7) is 7.15. The van der Waals surface area contributed by atoms with Crippen LogP contribution in [0.4, 0.5) is 5.69 Å². The van der Waals surface area contributed by atoms with Crippen LogP contribution in [-0.4, -0.2) is 24.5 Å². The van der Waals surface area contributed by atoms with E-state index in [-0.39, 0.29) is 0 Å². The lowest BCUT2D eigenvalue weighted by Crippen LogP contribution is -2.33. The highest BCUT2D eigenvalue weighted by Gasteiger charge is 2.18. The molecule has 0 spiro atoms. The Morgan fingerprint density at radius 2 is 2.11 bits per heavy atom. The van der Waals surface area contributed by atoms with Crippen molar-refractivity contribution in [2.75, 3.05) is 25.0 Å². The number of likely N-dealkylation sites (tertiary alicyclic amines) is 1. The molecule has 2 heteroatoms. The molecule has 98 valence electrons. The Balaban J connectivity index is 1.60. The van der Waals surface area contributed by atoms with Gasteiger partial charge in [0.05, 0.1) is 0 Å². The number of nitrogens with one attached hydrogen (secondary N) is 1. The average molecular weight is 244 g/mol. The molecule has 0 bridgehead atoms. The first-order valence-corrected chi connectivity index (χ1v) is 7.43. The second-order valence-corrected chi connectivity index (χ2v) is 5.80. The third kappa shape index (κ3) is 2.54. The number of piperidine rings is 1. The third-order valence-electron chi connectivity index (χ3n) is 4.57. The van der Waals surface area contributed by atoms with Gasteiger partial charge in [0.2, 0.25) is 0 Å². The van der Waals surface area contributed by atoms with Crippen molar-refractivity contribution in [1.82, 2.24) is 4.90 Å². The Hall–Kier alpha value is -1.02. The van der Waals surface area contributed by atoms with E-state index >= 15 is 0 Å². The molecule has 18 heavy (non-hydrogen) atoms. The fourth-order valence-electron chi connectivity index (χ4n) is 3.27. The number of hydrogen-bond donors (Lipinski definition) is 1. The highest BCUT2D eigenvalue weighted by molar-refractivity contribution is 5.56. The molecule has 2 aliphatic heterocycles. The number of hydrogen-bond acceptors (Lipinski definition) is 2. The van der Waals surface area contributed by atoms with Crippen LogP contribution >= 0.6 is 0 Å².